The zero-order valence-corrected chi connectivity index (χ0v) is 25.3. The molecule has 0 bridgehead atoms. The molecule has 2 heterocycles. The number of sulfonamides is 1. The van der Waals surface area contributed by atoms with Gasteiger partial charge in [-0.3, -0.25) is 9.36 Å². The van der Waals surface area contributed by atoms with E-state index in [1.54, 1.807) is 0 Å². The van der Waals surface area contributed by atoms with Crippen LogP contribution >= 0.6 is 0 Å². The van der Waals surface area contributed by atoms with Crippen molar-refractivity contribution in [2.45, 2.75) is 70.4 Å². The molecule has 7 nitrogen and oxygen atoms in total. The Hall–Kier alpha value is -3.75. The predicted octanol–water partition coefficient (Wildman–Crippen LogP) is 6.34. The summed E-state index contributed by atoms with van der Waals surface area (Å²) in [7, 11) is -4.20. The zero-order chi connectivity index (χ0) is 30.0. The number of hydrogen-bond acceptors (Lipinski definition) is 4. The van der Waals surface area contributed by atoms with E-state index in [2.05, 4.69) is 6.92 Å². The quantitative estimate of drug-likeness (QED) is 0.219. The first-order valence-corrected chi connectivity index (χ1v) is 16.2. The second kappa shape index (κ2) is 12.2. The molecule has 0 aliphatic carbocycles. The van der Waals surface area contributed by atoms with E-state index >= 15 is 0 Å². The minimum absolute atomic E-state index is 0.209. The van der Waals surface area contributed by atoms with E-state index in [0.717, 1.165) is 45.7 Å². The first-order valence-electron chi connectivity index (χ1n) is 14.8. The summed E-state index contributed by atoms with van der Waals surface area (Å²) in [5.41, 5.74) is 3.53. The molecule has 1 aliphatic rings. The molecule has 1 aromatic heterocycles. The summed E-state index contributed by atoms with van der Waals surface area (Å²) in [6.07, 6.45) is 4.11. The van der Waals surface area contributed by atoms with E-state index in [-0.39, 0.29) is 18.1 Å². The van der Waals surface area contributed by atoms with Crippen molar-refractivity contribution in [1.82, 2.24) is 8.87 Å². The number of hydrogen-bond donors (Lipinski definition) is 1. The van der Waals surface area contributed by atoms with Crippen molar-refractivity contribution in [3.05, 3.63) is 99.3 Å². The molecule has 0 saturated heterocycles. The normalized spacial score (nSPS) is 16.4. The van der Waals surface area contributed by atoms with Gasteiger partial charge in [0.2, 0.25) is 0 Å². The molecule has 5 rings (SSSR count). The first kappa shape index (κ1) is 29.7. The number of rotatable bonds is 10. The highest BCUT2D eigenvalue weighted by Gasteiger charge is 2.44. The lowest BCUT2D eigenvalue weighted by Gasteiger charge is -2.36. The topological polar surface area (TPSA) is 96.7 Å². The molecule has 0 amide bonds. The largest absolute Gasteiger partial charge is 0.480 e. The molecule has 0 spiro atoms. The molecule has 220 valence electrons. The van der Waals surface area contributed by atoms with Crippen LogP contribution < -0.4 is 5.56 Å². The monoisotopic (exact) mass is 586 g/mol. The third kappa shape index (κ3) is 5.41. The van der Waals surface area contributed by atoms with Crippen LogP contribution in [0.15, 0.2) is 76.6 Å². The van der Waals surface area contributed by atoms with Crippen molar-refractivity contribution in [2.24, 2.45) is 0 Å². The summed E-state index contributed by atoms with van der Waals surface area (Å²) in [6, 6.07) is 20.3. The third-order valence-corrected chi connectivity index (χ3v) is 10.2. The van der Waals surface area contributed by atoms with Crippen molar-refractivity contribution in [2.75, 3.05) is 13.1 Å². The van der Waals surface area contributed by atoms with E-state index < -0.39 is 27.6 Å². The number of aliphatic carboxylic acids is 1. The molecule has 0 saturated carbocycles. The zero-order valence-electron chi connectivity index (χ0n) is 24.5. The minimum Gasteiger partial charge on any atom is -0.480 e. The van der Waals surface area contributed by atoms with Gasteiger partial charge < -0.3 is 5.11 Å². The summed E-state index contributed by atoms with van der Waals surface area (Å²) < 4.78 is 31.3. The summed E-state index contributed by atoms with van der Waals surface area (Å²) in [4.78, 5) is 26.8. The summed E-state index contributed by atoms with van der Waals surface area (Å²) >= 11 is 0. The maximum atomic E-state index is 14.5. The second-order valence-electron chi connectivity index (χ2n) is 11.1. The van der Waals surface area contributed by atoms with Crippen LogP contribution in [0.2, 0.25) is 0 Å². The molecular formula is C34H38N2O5S. The van der Waals surface area contributed by atoms with Gasteiger partial charge in [0.25, 0.3) is 15.6 Å². The van der Waals surface area contributed by atoms with Gasteiger partial charge in [0, 0.05) is 24.2 Å². The summed E-state index contributed by atoms with van der Waals surface area (Å²) in [6.45, 7) is 5.82. The molecule has 1 atom stereocenters. The van der Waals surface area contributed by atoms with Crippen LogP contribution in [0.4, 0.5) is 0 Å². The van der Waals surface area contributed by atoms with E-state index in [1.165, 1.54) is 4.31 Å². The van der Waals surface area contributed by atoms with Gasteiger partial charge in [-0.1, -0.05) is 105 Å². The standard InChI is InChI=1S/C34H38N2O5S/c1-4-6-7-10-19-35-22-30(34(38)39)36-32(37)27(5-2)29(21-25-16-12-15-24-14-8-9-18-28(24)25)31(33(36)42(35,40)41)26-17-11-13-23(3)20-26/h8-9,11-18,20,30H,4-7,10,19,21-22H2,1-3H3,(H,38,39). The Bertz CT molecular complexity index is 1800. The van der Waals surface area contributed by atoms with Gasteiger partial charge in [-0.2, -0.15) is 4.31 Å². The molecular weight excluding hydrogens is 548 g/mol. The number of carbonyl (C=O) groups is 1. The number of nitrogens with zero attached hydrogens (tertiary/aromatic N) is 2. The number of fused-ring (bicyclic) bond motifs is 2. The minimum atomic E-state index is -4.20. The van der Waals surface area contributed by atoms with Crippen LogP contribution in [0.1, 0.15) is 67.8 Å². The highest BCUT2D eigenvalue weighted by Crippen LogP contribution is 2.40. The molecule has 0 fully saturated rings. The molecule has 4 aromatic rings. The number of pyridine rings is 1. The summed E-state index contributed by atoms with van der Waals surface area (Å²) in [5, 5.41) is 12.2. The molecule has 1 unspecified atom stereocenters. The van der Waals surface area contributed by atoms with Gasteiger partial charge in [-0.25, -0.2) is 13.2 Å². The number of unbranched alkanes of at least 4 members (excludes halogenated alkanes) is 3. The Morgan fingerprint density at radius 2 is 1.69 bits per heavy atom. The SMILES string of the molecule is CCCCCCN1CC(C(=O)O)n2c(c(-c3cccc(C)c3)c(Cc3cccc4ccccc34)c(CC)c2=O)S1(=O)=O. The lowest BCUT2D eigenvalue weighted by Crippen LogP contribution is -2.50. The Kier molecular flexibility index (Phi) is 8.66. The number of aromatic nitrogens is 1. The van der Waals surface area contributed by atoms with Crippen molar-refractivity contribution in [3.63, 3.8) is 0 Å². The average molecular weight is 587 g/mol. The Morgan fingerprint density at radius 3 is 2.40 bits per heavy atom. The Balaban J connectivity index is 1.85. The fraction of sp³-hybridized carbons (Fsp3) is 0.353. The lowest BCUT2D eigenvalue weighted by molar-refractivity contribution is -0.141. The van der Waals surface area contributed by atoms with E-state index in [1.807, 2.05) is 80.6 Å². The Morgan fingerprint density at radius 1 is 0.952 bits per heavy atom. The van der Waals surface area contributed by atoms with E-state index in [0.29, 0.717) is 41.5 Å². The van der Waals surface area contributed by atoms with Crippen LogP contribution in [0.25, 0.3) is 21.9 Å². The predicted molar refractivity (Wildman–Crippen MR) is 167 cm³/mol. The molecule has 8 heteroatoms. The summed E-state index contributed by atoms with van der Waals surface area (Å²) in [5.74, 6) is -1.22. The van der Waals surface area contributed by atoms with Crippen LogP contribution in [0, 0.1) is 6.92 Å². The molecule has 0 radical (unpaired) electrons. The van der Waals surface area contributed by atoms with Gasteiger partial charge in [0.05, 0.1) is 0 Å². The second-order valence-corrected chi connectivity index (χ2v) is 13.0. The van der Waals surface area contributed by atoms with Gasteiger partial charge in [0.15, 0.2) is 5.03 Å². The maximum Gasteiger partial charge on any atom is 0.328 e. The number of carboxylic acids is 1. The van der Waals surface area contributed by atoms with Crippen molar-refractivity contribution >= 4 is 26.8 Å². The Labute approximate surface area is 247 Å². The van der Waals surface area contributed by atoms with E-state index in [9.17, 15) is 23.1 Å². The van der Waals surface area contributed by atoms with Crippen LogP contribution in [0.3, 0.4) is 0 Å². The molecule has 42 heavy (non-hydrogen) atoms. The smallest absolute Gasteiger partial charge is 0.328 e. The lowest BCUT2D eigenvalue weighted by atomic mass is 9.89. The van der Waals surface area contributed by atoms with Gasteiger partial charge >= 0.3 is 5.97 Å². The fourth-order valence-corrected chi connectivity index (χ4v) is 8.12. The fourth-order valence-electron chi connectivity index (χ4n) is 6.21. The van der Waals surface area contributed by atoms with Crippen molar-refractivity contribution in [3.8, 4) is 11.1 Å². The highest BCUT2D eigenvalue weighted by atomic mass is 32.2. The van der Waals surface area contributed by atoms with Crippen LogP contribution in [0.5, 0.6) is 0 Å². The molecule has 1 N–H and O–H groups in total. The maximum absolute atomic E-state index is 14.5. The van der Waals surface area contributed by atoms with Crippen molar-refractivity contribution < 1.29 is 18.3 Å². The van der Waals surface area contributed by atoms with Gasteiger partial charge in [0.1, 0.15) is 6.04 Å². The number of carboxylic acid groups (broad SMARTS) is 1. The molecule has 3 aromatic carbocycles. The van der Waals surface area contributed by atoms with Crippen molar-refractivity contribution in [1.29, 1.82) is 0 Å². The first-order chi connectivity index (χ1) is 20.2. The van der Waals surface area contributed by atoms with Gasteiger partial charge in [-0.05, 0) is 53.6 Å². The van der Waals surface area contributed by atoms with Gasteiger partial charge in [-0.15, -0.1) is 0 Å². The number of aryl methyl sites for hydroxylation is 1. The van der Waals surface area contributed by atoms with E-state index in [4.69, 9.17) is 0 Å². The highest BCUT2D eigenvalue weighted by molar-refractivity contribution is 7.89. The van der Waals surface area contributed by atoms with Crippen LogP contribution in [-0.2, 0) is 27.7 Å². The van der Waals surface area contributed by atoms with Crippen LogP contribution in [-0.4, -0.2) is 41.5 Å². The number of benzene rings is 3. The third-order valence-electron chi connectivity index (χ3n) is 8.30. The average Bonchev–Trinajstić information content (AvgIpc) is 2.96. The molecule has 1 aliphatic heterocycles.